The molecule has 1 aliphatic rings. The third-order valence-electron chi connectivity index (χ3n) is 6.51. The second kappa shape index (κ2) is 9.64. The third kappa shape index (κ3) is 4.85. The van der Waals surface area contributed by atoms with Crippen molar-refractivity contribution in [2.45, 2.75) is 51.6 Å². The molecule has 3 aromatic rings. The molecule has 0 bridgehead atoms. The van der Waals surface area contributed by atoms with E-state index in [1.54, 1.807) is 13.1 Å². The minimum atomic E-state index is -0.692. The number of nitrogens with one attached hydrogen (secondary N) is 2. The van der Waals surface area contributed by atoms with E-state index in [-0.39, 0.29) is 40.9 Å². The van der Waals surface area contributed by atoms with Gasteiger partial charge in [-0.05, 0) is 44.7 Å². The van der Waals surface area contributed by atoms with Gasteiger partial charge in [0.2, 0.25) is 17.8 Å². The highest BCUT2D eigenvalue weighted by Gasteiger charge is 2.37. The second-order valence-electron chi connectivity index (χ2n) is 9.14. The summed E-state index contributed by atoms with van der Waals surface area (Å²) in [4.78, 5) is 25.4. The van der Waals surface area contributed by atoms with Crippen LogP contribution in [0.1, 0.15) is 51.1 Å². The molecule has 1 aliphatic carbocycles. The van der Waals surface area contributed by atoms with Gasteiger partial charge in [-0.1, -0.05) is 18.5 Å². The first-order chi connectivity index (χ1) is 16.6. The van der Waals surface area contributed by atoms with Gasteiger partial charge in [0.1, 0.15) is 11.3 Å². The molecule has 1 aromatic carbocycles. The van der Waals surface area contributed by atoms with Gasteiger partial charge < -0.3 is 21.5 Å². The number of aliphatic hydroxyl groups excluding tert-OH is 1. The number of benzene rings is 1. The van der Waals surface area contributed by atoms with E-state index in [1.807, 2.05) is 17.6 Å². The van der Waals surface area contributed by atoms with Crippen molar-refractivity contribution in [1.29, 1.82) is 5.26 Å². The van der Waals surface area contributed by atoms with Crippen LogP contribution in [0, 0.1) is 22.6 Å². The highest BCUT2D eigenvalue weighted by atomic mass is 35.5. The van der Waals surface area contributed by atoms with Crippen molar-refractivity contribution in [3.63, 3.8) is 0 Å². The molecule has 0 radical (unpaired) electrons. The molecule has 184 valence electrons. The number of nitriles is 1. The first kappa shape index (κ1) is 24.6. The molecule has 1 atom stereocenters. The summed E-state index contributed by atoms with van der Waals surface area (Å²) in [7, 11) is 0. The fourth-order valence-corrected chi connectivity index (χ4v) is 4.53. The minimum Gasteiger partial charge on any atom is -0.394 e. The summed E-state index contributed by atoms with van der Waals surface area (Å²) in [6.45, 7) is 3.56. The topological polar surface area (TPSA) is 155 Å². The molecule has 35 heavy (non-hydrogen) atoms. The summed E-state index contributed by atoms with van der Waals surface area (Å²) in [6, 6.07) is 3.97. The Labute approximate surface area is 206 Å². The zero-order valence-corrected chi connectivity index (χ0v) is 20.1. The SMILES string of the molecule is CC(CO)Nc1ncc2nc(Nc3c(F)cc(C#N)cc3Cl)n(C3CCC(C)(C(N)=O)CC3)c2n1. The molecule has 0 aliphatic heterocycles. The smallest absolute Gasteiger partial charge is 0.225 e. The predicted octanol–water partition coefficient (Wildman–Crippen LogP) is 3.63. The van der Waals surface area contributed by atoms with Gasteiger partial charge in [0.25, 0.3) is 0 Å². The Kier molecular flexibility index (Phi) is 6.78. The van der Waals surface area contributed by atoms with Crippen molar-refractivity contribution in [1.82, 2.24) is 19.5 Å². The number of hydrogen-bond donors (Lipinski definition) is 4. The lowest BCUT2D eigenvalue weighted by Crippen LogP contribution is -2.38. The van der Waals surface area contributed by atoms with Crippen molar-refractivity contribution in [2.24, 2.45) is 11.1 Å². The lowest BCUT2D eigenvalue weighted by Gasteiger charge is -2.35. The number of carbonyl (C=O) groups is 1. The molecule has 2 aromatic heterocycles. The molecule has 0 saturated heterocycles. The average Bonchev–Trinajstić information content (AvgIpc) is 3.18. The van der Waals surface area contributed by atoms with E-state index in [2.05, 4.69) is 25.6 Å². The maximum atomic E-state index is 14.8. The zero-order chi connectivity index (χ0) is 25.3. The van der Waals surface area contributed by atoms with Crippen molar-refractivity contribution in [2.75, 3.05) is 17.2 Å². The van der Waals surface area contributed by atoms with Crippen molar-refractivity contribution in [3.05, 3.63) is 34.7 Å². The number of hydrogen-bond acceptors (Lipinski definition) is 8. The van der Waals surface area contributed by atoms with Gasteiger partial charge >= 0.3 is 0 Å². The standard InChI is InChI=1S/C23H26ClFN8O2/c1-12(11-34)29-21-28-10-17-19(32-21)33(14-3-5-23(2,6-4-14)20(27)35)22(30-17)31-18-15(24)7-13(9-26)8-16(18)25/h7-8,10,12,14,34H,3-6,11H2,1-2H3,(H2,27,35)(H,30,31)(H,28,29,32). The average molecular weight is 501 g/mol. The molecule has 1 amide bonds. The van der Waals surface area contributed by atoms with Gasteiger partial charge in [-0.15, -0.1) is 0 Å². The van der Waals surface area contributed by atoms with Gasteiger partial charge in [0.05, 0.1) is 35.1 Å². The molecule has 4 rings (SSSR count). The predicted molar refractivity (Wildman–Crippen MR) is 130 cm³/mol. The largest absolute Gasteiger partial charge is 0.394 e. The van der Waals surface area contributed by atoms with Crippen LogP contribution in [0.2, 0.25) is 5.02 Å². The van der Waals surface area contributed by atoms with E-state index >= 15 is 0 Å². The highest BCUT2D eigenvalue weighted by molar-refractivity contribution is 6.33. The molecule has 1 fully saturated rings. The quantitative estimate of drug-likeness (QED) is 0.383. The highest BCUT2D eigenvalue weighted by Crippen LogP contribution is 2.43. The summed E-state index contributed by atoms with van der Waals surface area (Å²) in [6.07, 6.45) is 3.96. The van der Waals surface area contributed by atoms with E-state index in [0.717, 1.165) is 6.07 Å². The number of amides is 1. The molecular weight excluding hydrogens is 475 g/mol. The number of rotatable bonds is 7. The van der Waals surface area contributed by atoms with Crippen LogP contribution in [0.4, 0.5) is 22.0 Å². The Balaban J connectivity index is 1.78. The fraction of sp³-hybridized carbons (Fsp3) is 0.435. The van der Waals surface area contributed by atoms with Crippen LogP contribution >= 0.6 is 11.6 Å². The van der Waals surface area contributed by atoms with Crippen molar-refractivity contribution >= 4 is 46.3 Å². The Morgan fingerprint density at radius 2 is 2.14 bits per heavy atom. The fourth-order valence-electron chi connectivity index (χ4n) is 4.27. The van der Waals surface area contributed by atoms with Crippen molar-refractivity contribution in [3.8, 4) is 6.07 Å². The molecule has 0 spiro atoms. The molecule has 10 nitrogen and oxygen atoms in total. The molecule has 5 N–H and O–H groups in total. The summed E-state index contributed by atoms with van der Waals surface area (Å²) in [5.74, 6) is -0.405. The Hall–Kier alpha value is -3.49. The van der Waals surface area contributed by atoms with E-state index in [9.17, 15) is 14.3 Å². The van der Waals surface area contributed by atoms with E-state index in [1.165, 1.54) is 6.07 Å². The van der Waals surface area contributed by atoms with Crippen LogP contribution in [-0.4, -0.2) is 43.2 Å². The maximum Gasteiger partial charge on any atom is 0.225 e. The zero-order valence-electron chi connectivity index (χ0n) is 19.3. The van der Waals surface area contributed by atoms with Crippen LogP contribution in [0.5, 0.6) is 0 Å². The number of aliphatic hydroxyl groups is 1. The van der Waals surface area contributed by atoms with Gasteiger partial charge in [0.15, 0.2) is 5.65 Å². The van der Waals surface area contributed by atoms with E-state index in [4.69, 9.17) is 22.6 Å². The Morgan fingerprint density at radius 3 is 2.74 bits per heavy atom. The molecule has 1 saturated carbocycles. The minimum absolute atomic E-state index is 0.0137. The number of carbonyl (C=O) groups excluding carboxylic acids is 1. The first-order valence-electron chi connectivity index (χ1n) is 11.2. The van der Waals surface area contributed by atoms with Crippen LogP contribution in [0.3, 0.4) is 0 Å². The lowest BCUT2D eigenvalue weighted by atomic mass is 9.73. The van der Waals surface area contributed by atoms with Crippen LogP contribution in [0.15, 0.2) is 18.3 Å². The van der Waals surface area contributed by atoms with E-state index in [0.29, 0.717) is 48.7 Å². The van der Waals surface area contributed by atoms with Gasteiger partial charge in [-0.25, -0.2) is 14.4 Å². The second-order valence-corrected chi connectivity index (χ2v) is 9.55. The van der Waals surface area contributed by atoms with Crippen molar-refractivity contribution < 1.29 is 14.3 Å². The monoisotopic (exact) mass is 500 g/mol. The Bertz CT molecular complexity index is 1290. The third-order valence-corrected chi connectivity index (χ3v) is 6.81. The van der Waals surface area contributed by atoms with Gasteiger partial charge in [-0.2, -0.15) is 10.2 Å². The normalized spacial score (nSPS) is 20.9. The summed E-state index contributed by atoms with van der Waals surface area (Å²) < 4.78 is 16.7. The maximum absolute atomic E-state index is 14.8. The van der Waals surface area contributed by atoms with Gasteiger partial charge in [-0.3, -0.25) is 9.36 Å². The first-order valence-corrected chi connectivity index (χ1v) is 11.6. The molecule has 1 unspecified atom stereocenters. The van der Waals surface area contributed by atoms with Crippen LogP contribution in [-0.2, 0) is 4.79 Å². The van der Waals surface area contributed by atoms with Gasteiger partial charge in [0, 0.05) is 17.5 Å². The number of primary amides is 1. The lowest BCUT2D eigenvalue weighted by molar-refractivity contribution is -0.128. The number of fused-ring (bicyclic) bond motifs is 1. The summed E-state index contributed by atoms with van der Waals surface area (Å²) in [5, 5.41) is 24.5. The summed E-state index contributed by atoms with van der Waals surface area (Å²) >= 11 is 6.27. The van der Waals surface area contributed by atoms with Crippen LogP contribution < -0.4 is 16.4 Å². The number of imidazole rings is 1. The number of nitrogens with zero attached hydrogens (tertiary/aromatic N) is 5. The Morgan fingerprint density at radius 1 is 1.43 bits per heavy atom. The summed E-state index contributed by atoms with van der Waals surface area (Å²) in [5.41, 5.74) is 6.10. The number of halogens is 2. The van der Waals surface area contributed by atoms with E-state index < -0.39 is 11.2 Å². The molecular formula is C23H26ClFN8O2. The molecule has 2 heterocycles. The number of anilines is 3. The molecule has 12 heteroatoms. The van der Waals surface area contributed by atoms with Crippen LogP contribution in [0.25, 0.3) is 11.2 Å². The number of aromatic nitrogens is 4. The number of nitrogens with two attached hydrogens (primary N) is 1.